The van der Waals surface area contributed by atoms with Crippen molar-refractivity contribution in [3.8, 4) is 23.0 Å². The van der Waals surface area contributed by atoms with Gasteiger partial charge in [0.1, 0.15) is 23.0 Å². The van der Waals surface area contributed by atoms with E-state index in [-0.39, 0.29) is 6.71 Å². The van der Waals surface area contributed by atoms with Crippen LogP contribution in [-0.4, -0.2) is 6.71 Å². The summed E-state index contributed by atoms with van der Waals surface area (Å²) in [6.07, 6.45) is 0. The molecule has 358 valence electrons. The smallest absolute Gasteiger partial charge is 0.260 e. The van der Waals surface area contributed by atoms with E-state index >= 15 is 0 Å². The van der Waals surface area contributed by atoms with E-state index in [0.717, 1.165) is 62.6 Å². The van der Waals surface area contributed by atoms with Crippen molar-refractivity contribution in [2.24, 2.45) is 0 Å². The van der Waals surface area contributed by atoms with Crippen LogP contribution in [0.25, 0.3) is 83.4 Å². The van der Waals surface area contributed by atoms with Gasteiger partial charge in [-0.1, -0.05) is 115 Å². The van der Waals surface area contributed by atoms with Crippen LogP contribution in [-0.2, 0) is 0 Å². The summed E-state index contributed by atoms with van der Waals surface area (Å²) in [4.78, 5) is 4.73. The number of thiophene rings is 2. The van der Waals surface area contributed by atoms with Gasteiger partial charge >= 0.3 is 0 Å². The summed E-state index contributed by atoms with van der Waals surface area (Å²) in [6, 6.07) is 90.9. The number of para-hydroxylation sites is 2. The molecular formula is C70H41BN2O2S2. The lowest BCUT2D eigenvalue weighted by Gasteiger charge is -2.33. The average molecular weight is 1020 g/mol. The first kappa shape index (κ1) is 42.9. The largest absolute Gasteiger partial charge is 0.458 e. The summed E-state index contributed by atoms with van der Waals surface area (Å²) < 4.78 is 18.8. The number of benzene rings is 13. The summed E-state index contributed by atoms with van der Waals surface area (Å²) in [5.74, 6) is 3.50. The maximum atomic E-state index is 6.91. The van der Waals surface area contributed by atoms with Gasteiger partial charge < -0.3 is 19.3 Å². The van der Waals surface area contributed by atoms with Crippen molar-refractivity contribution in [1.29, 1.82) is 0 Å². The molecule has 0 fully saturated rings. The molecule has 0 spiro atoms. The molecule has 77 heavy (non-hydrogen) atoms. The minimum atomic E-state index is -0.0562. The molecule has 4 heterocycles. The van der Waals surface area contributed by atoms with Crippen LogP contribution in [0, 0.1) is 0 Å². The van der Waals surface area contributed by atoms with Crippen LogP contribution in [0.5, 0.6) is 23.0 Å². The zero-order valence-corrected chi connectivity index (χ0v) is 42.9. The Labute approximate surface area is 451 Å². The predicted octanol–water partition coefficient (Wildman–Crippen LogP) is 18.7. The minimum absolute atomic E-state index is 0.0562. The van der Waals surface area contributed by atoms with Gasteiger partial charge in [0.25, 0.3) is 6.71 Å². The molecule has 17 rings (SSSR count). The lowest BCUT2D eigenvalue weighted by atomic mass is 9.35. The quantitative estimate of drug-likeness (QED) is 0.155. The van der Waals surface area contributed by atoms with Crippen molar-refractivity contribution in [2.75, 3.05) is 9.80 Å². The molecule has 7 heteroatoms. The molecule has 2 aromatic heterocycles. The first-order chi connectivity index (χ1) is 38.1. The van der Waals surface area contributed by atoms with Gasteiger partial charge in [-0.15, -0.1) is 22.7 Å². The minimum Gasteiger partial charge on any atom is -0.458 e. The van der Waals surface area contributed by atoms with Gasteiger partial charge in [-0.2, -0.15) is 0 Å². The van der Waals surface area contributed by atoms with Crippen LogP contribution in [0.3, 0.4) is 0 Å². The second kappa shape index (κ2) is 16.6. The zero-order valence-electron chi connectivity index (χ0n) is 41.3. The summed E-state index contributed by atoms with van der Waals surface area (Å²) in [6.45, 7) is -0.0562. The molecule has 15 aromatic rings. The lowest BCUT2D eigenvalue weighted by molar-refractivity contribution is 0.465. The van der Waals surface area contributed by atoms with Gasteiger partial charge in [0.2, 0.25) is 0 Å². The van der Waals surface area contributed by atoms with Gasteiger partial charge in [-0.25, -0.2) is 0 Å². The Morgan fingerprint density at radius 3 is 1.08 bits per heavy atom. The molecule has 2 aliphatic rings. The Bertz CT molecular complexity index is 4670. The van der Waals surface area contributed by atoms with Gasteiger partial charge in [0, 0.05) is 79.9 Å². The summed E-state index contributed by atoms with van der Waals surface area (Å²) in [5, 5.41) is 14.6. The monoisotopic (exact) mass is 1020 g/mol. The number of ether oxygens (including phenoxy) is 2. The number of rotatable bonds is 6. The molecular weight excluding hydrogens is 976 g/mol. The van der Waals surface area contributed by atoms with E-state index in [1.54, 1.807) is 0 Å². The summed E-state index contributed by atoms with van der Waals surface area (Å²) >= 11 is 3.72. The third-order valence-electron chi connectivity index (χ3n) is 16.0. The van der Waals surface area contributed by atoms with Crippen LogP contribution in [0.4, 0.5) is 34.1 Å². The molecule has 0 aliphatic carbocycles. The van der Waals surface area contributed by atoms with Crippen LogP contribution in [0.1, 0.15) is 0 Å². The molecule has 2 aliphatic heterocycles. The molecule has 0 bridgehead atoms. The number of hydrogen-bond donors (Lipinski definition) is 0. The van der Waals surface area contributed by atoms with E-state index in [4.69, 9.17) is 9.47 Å². The van der Waals surface area contributed by atoms with Crippen LogP contribution in [0.15, 0.2) is 249 Å². The van der Waals surface area contributed by atoms with E-state index in [9.17, 15) is 0 Å². The lowest BCUT2D eigenvalue weighted by Crippen LogP contribution is -2.57. The van der Waals surface area contributed by atoms with E-state index in [1.807, 2.05) is 22.7 Å². The van der Waals surface area contributed by atoms with Gasteiger partial charge in [-0.05, 0) is 187 Å². The maximum absolute atomic E-state index is 6.91. The molecule has 0 N–H and O–H groups in total. The standard InChI is InChI=1S/C70H41BN2O2S2/c1-3-16-50(17-4-1)72(52-26-22-42-12-7-9-14-44(42)30-52)54-28-24-46-34-56-58-38-64-60(40-68(58)76-66(56)36-48(46)32-54)71-61-41-69-59(39-65(61)75-63-21-11-20-62(74-64)70(63)71)57-35-47-25-29-55(33-49(47)37-67(57)77-69)73(51-18-5-2-6-19-51)53-27-23-43-13-8-10-15-45(43)31-53/h1-41H. The number of fused-ring (bicyclic) bond motifs is 14. The SMILES string of the molecule is c1ccc(N(c2ccc3ccccc3c2)c2ccc3cc4c(cc3c2)sc2cc3c(cc24)Oc2cccc4c2B3c2cc3sc5cc6cc(N(c7ccccc7)c7ccc8ccccc8c7)ccc6cc5c3cc2O4)cc1. The first-order valence-corrected chi connectivity index (χ1v) is 27.8. The number of anilines is 6. The van der Waals surface area contributed by atoms with Crippen molar-refractivity contribution in [3.63, 3.8) is 0 Å². The van der Waals surface area contributed by atoms with Gasteiger partial charge in [-0.3, -0.25) is 0 Å². The highest BCUT2D eigenvalue weighted by atomic mass is 32.1. The highest BCUT2D eigenvalue weighted by Gasteiger charge is 2.41. The van der Waals surface area contributed by atoms with E-state index in [2.05, 4.69) is 259 Å². The predicted molar refractivity (Wildman–Crippen MR) is 329 cm³/mol. The molecule has 0 amide bonds. The summed E-state index contributed by atoms with van der Waals surface area (Å²) in [5.41, 5.74) is 10.2. The number of nitrogens with zero attached hydrogens (tertiary/aromatic N) is 2. The van der Waals surface area contributed by atoms with E-state index in [0.29, 0.717) is 0 Å². The molecule has 13 aromatic carbocycles. The highest BCUT2D eigenvalue weighted by Crippen LogP contribution is 2.46. The van der Waals surface area contributed by atoms with Crippen molar-refractivity contribution >= 4 is 163 Å². The number of hydrogen-bond acceptors (Lipinski definition) is 6. The molecule has 0 unspecified atom stereocenters. The second-order valence-corrected chi connectivity index (χ2v) is 22.6. The second-order valence-electron chi connectivity index (χ2n) is 20.4. The fraction of sp³-hybridized carbons (Fsp3) is 0. The first-order valence-electron chi connectivity index (χ1n) is 26.1. The summed E-state index contributed by atoms with van der Waals surface area (Å²) in [7, 11) is 0. The van der Waals surface area contributed by atoms with Crippen LogP contribution < -0.4 is 35.7 Å². The third kappa shape index (κ3) is 6.77. The maximum Gasteiger partial charge on any atom is 0.260 e. The van der Waals surface area contributed by atoms with Crippen molar-refractivity contribution < 1.29 is 9.47 Å². The van der Waals surface area contributed by atoms with Crippen LogP contribution in [0.2, 0.25) is 0 Å². The fourth-order valence-corrected chi connectivity index (χ4v) is 14.7. The average Bonchev–Trinajstić information content (AvgIpc) is 4.02. The highest BCUT2D eigenvalue weighted by molar-refractivity contribution is 7.26. The normalized spacial score (nSPS) is 12.6. The van der Waals surface area contributed by atoms with Crippen molar-refractivity contribution in [2.45, 2.75) is 0 Å². The topological polar surface area (TPSA) is 24.9 Å². The third-order valence-corrected chi connectivity index (χ3v) is 18.2. The van der Waals surface area contributed by atoms with E-state index in [1.165, 1.54) is 94.4 Å². The molecule has 0 saturated heterocycles. The van der Waals surface area contributed by atoms with Gasteiger partial charge in [0.05, 0.1) is 0 Å². The molecule has 4 nitrogen and oxygen atoms in total. The molecule has 0 saturated carbocycles. The Morgan fingerprint density at radius 1 is 0.260 bits per heavy atom. The van der Waals surface area contributed by atoms with Crippen molar-refractivity contribution in [3.05, 3.63) is 249 Å². The Morgan fingerprint density at radius 2 is 0.623 bits per heavy atom. The Kier molecular flexibility index (Phi) is 9.22. The van der Waals surface area contributed by atoms with Crippen LogP contribution >= 0.6 is 22.7 Å². The Balaban J connectivity index is 0.768. The Hall–Kier alpha value is -9.40. The zero-order chi connectivity index (χ0) is 50.3. The van der Waals surface area contributed by atoms with E-state index < -0.39 is 0 Å². The molecule has 0 radical (unpaired) electrons. The van der Waals surface area contributed by atoms with Gasteiger partial charge in [0.15, 0.2) is 0 Å². The fourth-order valence-electron chi connectivity index (χ4n) is 12.4. The molecule has 0 atom stereocenters. The van der Waals surface area contributed by atoms with Crippen molar-refractivity contribution in [1.82, 2.24) is 0 Å².